The molecule has 0 spiro atoms. The van der Waals surface area contributed by atoms with Gasteiger partial charge in [0.1, 0.15) is 0 Å². The lowest BCUT2D eigenvalue weighted by Gasteiger charge is -2.34. The van der Waals surface area contributed by atoms with Crippen LogP contribution in [-0.2, 0) is 0 Å². The molecule has 0 amide bonds. The summed E-state index contributed by atoms with van der Waals surface area (Å²) in [5.41, 5.74) is 9.59. The molecule has 0 saturated heterocycles. The first-order valence-corrected chi connectivity index (χ1v) is 15.3. The molecule has 150 valence electrons. The Hall–Kier alpha value is -2.34. The molecule has 0 saturated carbocycles. The Morgan fingerprint density at radius 2 is 1.13 bits per heavy atom. The molecule has 1 aliphatic rings. The first kappa shape index (κ1) is 19.6. The Bertz CT molecular complexity index is 1200. The van der Waals surface area contributed by atoms with Crippen LogP contribution in [0.2, 0.25) is 13.1 Å². The van der Waals surface area contributed by atoms with E-state index in [2.05, 4.69) is 113 Å². The lowest BCUT2D eigenvalue weighted by atomic mass is 10.1. The molecule has 1 aliphatic carbocycles. The van der Waals surface area contributed by atoms with Crippen LogP contribution in [0, 0.1) is 20.8 Å². The average Bonchev–Trinajstić information content (AvgIpc) is 3.22. The van der Waals surface area contributed by atoms with Crippen molar-refractivity contribution in [2.45, 2.75) is 39.4 Å². The van der Waals surface area contributed by atoms with Gasteiger partial charge in [-0.05, 0) is 69.7 Å². The van der Waals surface area contributed by atoms with Gasteiger partial charge >= 0.3 is 0 Å². The van der Waals surface area contributed by atoms with Crippen LogP contribution in [0.5, 0.6) is 0 Å². The SMILES string of the molecule is Cc1c(C)c([Si](C)(C)C2c3ccccc3-c3ccccc32)p(-c2ccccc2)c1C. The van der Waals surface area contributed by atoms with Crippen LogP contribution >= 0.6 is 7.53 Å². The van der Waals surface area contributed by atoms with Gasteiger partial charge in [0.2, 0.25) is 0 Å². The van der Waals surface area contributed by atoms with E-state index in [1.54, 1.807) is 26.9 Å². The minimum absolute atomic E-state index is 0.405. The van der Waals surface area contributed by atoms with Crippen LogP contribution in [0.15, 0.2) is 78.9 Å². The fraction of sp³-hybridized carbons (Fsp3) is 0.214. The Labute approximate surface area is 182 Å². The first-order chi connectivity index (χ1) is 14.4. The van der Waals surface area contributed by atoms with Crippen molar-refractivity contribution in [1.82, 2.24) is 0 Å². The summed E-state index contributed by atoms with van der Waals surface area (Å²) in [5.74, 6) is 0. The van der Waals surface area contributed by atoms with Crippen LogP contribution < -0.4 is 4.92 Å². The number of rotatable bonds is 3. The van der Waals surface area contributed by atoms with Gasteiger partial charge in [0, 0.05) is 5.54 Å². The molecule has 0 radical (unpaired) electrons. The largest absolute Gasteiger partial charge is 0.0985 e. The maximum absolute atomic E-state index is 2.62. The lowest BCUT2D eigenvalue weighted by Crippen LogP contribution is -2.47. The highest BCUT2D eigenvalue weighted by molar-refractivity contribution is 7.65. The van der Waals surface area contributed by atoms with Crippen molar-refractivity contribution in [3.05, 3.63) is 106 Å². The molecule has 0 fully saturated rings. The number of hydrogen-bond acceptors (Lipinski definition) is 0. The zero-order valence-electron chi connectivity index (χ0n) is 18.5. The lowest BCUT2D eigenvalue weighted by molar-refractivity contribution is 1.13. The Morgan fingerprint density at radius 3 is 1.70 bits per heavy atom. The van der Waals surface area contributed by atoms with Crippen molar-refractivity contribution < 1.29 is 0 Å². The van der Waals surface area contributed by atoms with Crippen LogP contribution in [0.25, 0.3) is 16.4 Å². The third-order valence-electron chi connectivity index (χ3n) is 7.20. The topological polar surface area (TPSA) is 0 Å². The highest BCUT2D eigenvalue weighted by atomic mass is 31.1. The molecule has 1 heterocycles. The van der Waals surface area contributed by atoms with E-state index in [1.807, 2.05) is 0 Å². The summed E-state index contributed by atoms with van der Waals surface area (Å²) >= 11 is 0. The van der Waals surface area contributed by atoms with Gasteiger partial charge in [0.05, 0.1) is 8.07 Å². The quantitative estimate of drug-likeness (QED) is 0.294. The molecule has 1 aromatic heterocycles. The zero-order chi connectivity index (χ0) is 21.0. The maximum Gasteiger partial charge on any atom is 0.0985 e. The summed E-state index contributed by atoms with van der Waals surface area (Å²) in [4.78, 5) is 1.79. The number of hydrogen-bond donors (Lipinski definition) is 0. The van der Waals surface area contributed by atoms with Crippen molar-refractivity contribution in [3.8, 4) is 16.4 Å². The first-order valence-electron chi connectivity index (χ1n) is 10.9. The van der Waals surface area contributed by atoms with E-state index in [-0.39, 0.29) is 0 Å². The summed E-state index contributed by atoms with van der Waals surface area (Å²) in [6, 6.07) is 29.5. The third-order valence-corrected chi connectivity index (χ3v) is 15.9. The van der Waals surface area contributed by atoms with E-state index in [0.29, 0.717) is 5.54 Å². The van der Waals surface area contributed by atoms with Gasteiger partial charge < -0.3 is 0 Å². The standard InChI is InChI=1S/C28H29PSi/c1-19-20(2)28(29(21(19)3)22-13-7-6-8-14-22)30(4,5)27-25-17-11-9-15-23(25)24-16-10-12-18-26(24)27/h6-18,27H,1-5H3. The molecule has 0 aliphatic heterocycles. The average molecular weight is 425 g/mol. The Balaban J connectivity index is 1.80. The zero-order valence-corrected chi connectivity index (χ0v) is 20.4. The highest BCUT2D eigenvalue weighted by Gasteiger charge is 2.44. The summed E-state index contributed by atoms with van der Waals surface area (Å²) in [5, 5.41) is 3.11. The molecule has 2 heteroatoms. The molecule has 3 aromatic carbocycles. The van der Waals surface area contributed by atoms with E-state index in [0.717, 1.165) is 0 Å². The molecular weight excluding hydrogens is 395 g/mol. The van der Waals surface area contributed by atoms with Gasteiger partial charge in [-0.25, -0.2) is 0 Å². The molecule has 5 rings (SSSR count). The van der Waals surface area contributed by atoms with Crippen LogP contribution in [-0.4, -0.2) is 8.07 Å². The Morgan fingerprint density at radius 1 is 0.633 bits per heavy atom. The van der Waals surface area contributed by atoms with E-state index in [9.17, 15) is 0 Å². The molecule has 30 heavy (non-hydrogen) atoms. The maximum atomic E-state index is 2.62. The normalized spacial score (nSPS) is 14.0. The van der Waals surface area contributed by atoms with E-state index < -0.39 is 15.6 Å². The smallest absolute Gasteiger partial charge is 0.0907 e. The van der Waals surface area contributed by atoms with Crippen molar-refractivity contribution in [3.63, 3.8) is 0 Å². The third kappa shape index (κ3) is 2.73. The van der Waals surface area contributed by atoms with E-state index >= 15 is 0 Å². The minimum atomic E-state index is -1.87. The molecule has 0 nitrogen and oxygen atoms in total. The van der Waals surface area contributed by atoms with E-state index in [1.165, 1.54) is 22.0 Å². The molecule has 1 unspecified atom stereocenters. The van der Waals surface area contributed by atoms with Gasteiger partial charge in [-0.15, -0.1) is 0 Å². The second-order valence-corrected chi connectivity index (χ2v) is 16.4. The summed E-state index contributed by atoms with van der Waals surface area (Å²) < 4.78 is 0. The van der Waals surface area contributed by atoms with Gasteiger partial charge in [0.25, 0.3) is 0 Å². The predicted molar refractivity (Wildman–Crippen MR) is 136 cm³/mol. The number of benzene rings is 3. The molecule has 4 aromatic rings. The minimum Gasteiger partial charge on any atom is -0.0907 e. The molecule has 1 atom stereocenters. The van der Waals surface area contributed by atoms with Crippen LogP contribution in [0.1, 0.15) is 33.1 Å². The van der Waals surface area contributed by atoms with Crippen molar-refractivity contribution >= 4 is 20.5 Å². The van der Waals surface area contributed by atoms with E-state index in [4.69, 9.17) is 0 Å². The second-order valence-electron chi connectivity index (χ2n) is 9.18. The van der Waals surface area contributed by atoms with Gasteiger partial charge in [-0.1, -0.05) is 99.5 Å². The second kappa shape index (κ2) is 7.12. The fourth-order valence-electron chi connectivity index (χ4n) is 5.69. The number of fused-ring (bicyclic) bond motifs is 3. The van der Waals surface area contributed by atoms with Gasteiger partial charge in [0.15, 0.2) is 0 Å². The summed E-state index contributed by atoms with van der Waals surface area (Å²) in [6.07, 6.45) is 0. The molecule has 0 N–H and O–H groups in total. The Kier molecular flexibility index (Phi) is 4.65. The summed E-state index contributed by atoms with van der Waals surface area (Å²) in [7, 11) is -2.27. The fourth-order valence-corrected chi connectivity index (χ4v) is 15.2. The van der Waals surface area contributed by atoms with Crippen molar-refractivity contribution in [2.75, 3.05) is 0 Å². The highest BCUT2D eigenvalue weighted by Crippen LogP contribution is 2.53. The van der Waals surface area contributed by atoms with Gasteiger partial charge in [-0.2, -0.15) is 0 Å². The van der Waals surface area contributed by atoms with Crippen LogP contribution in [0.3, 0.4) is 0 Å². The van der Waals surface area contributed by atoms with Crippen LogP contribution in [0.4, 0.5) is 0 Å². The molecular formula is C28H29PSi. The van der Waals surface area contributed by atoms with Gasteiger partial charge in [-0.3, -0.25) is 0 Å². The van der Waals surface area contributed by atoms with Crippen molar-refractivity contribution in [1.29, 1.82) is 0 Å². The monoisotopic (exact) mass is 424 g/mol. The summed E-state index contributed by atoms with van der Waals surface area (Å²) in [6.45, 7) is 12.4. The predicted octanol–water partition coefficient (Wildman–Crippen LogP) is 7.85. The van der Waals surface area contributed by atoms with Crippen molar-refractivity contribution in [2.24, 2.45) is 0 Å². The molecule has 0 bridgehead atoms.